The highest BCUT2D eigenvalue weighted by molar-refractivity contribution is 9.10. The SMILES string of the molecule is CN(c1cc(Br)cc(C(=O)O)c1)c1ccccc1F. The summed E-state index contributed by atoms with van der Waals surface area (Å²) in [5.74, 6) is -1.38. The van der Waals surface area contributed by atoms with Gasteiger partial charge in [-0.15, -0.1) is 0 Å². The van der Waals surface area contributed by atoms with Crippen LogP contribution in [-0.4, -0.2) is 18.1 Å². The number of carbonyl (C=O) groups is 1. The summed E-state index contributed by atoms with van der Waals surface area (Å²) in [6.07, 6.45) is 0. The van der Waals surface area contributed by atoms with E-state index < -0.39 is 5.97 Å². The van der Waals surface area contributed by atoms with Gasteiger partial charge >= 0.3 is 5.97 Å². The Bertz CT molecular complexity index is 631. The summed E-state index contributed by atoms with van der Waals surface area (Å²) >= 11 is 3.26. The van der Waals surface area contributed by atoms with Gasteiger partial charge in [0.1, 0.15) is 5.82 Å². The number of carboxylic acids is 1. The highest BCUT2D eigenvalue weighted by Gasteiger charge is 2.12. The van der Waals surface area contributed by atoms with E-state index >= 15 is 0 Å². The number of carboxylic acid groups (broad SMARTS) is 1. The van der Waals surface area contributed by atoms with Gasteiger partial charge in [-0.05, 0) is 30.3 Å². The second-order valence-electron chi connectivity index (χ2n) is 4.01. The van der Waals surface area contributed by atoms with Crippen molar-refractivity contribution >= 4 is 33.3 Å². The first-order valence-corrected chi connectivity index (χ1v) is 6.30. The number of halogens is 2. The molecule has 98 valence electrons. The fraction of sp³-hybridized carbons (Fsp3) is 0.0714. The molecule has 0 aliphatic heterocycles. The molecule has 1 N–H and O–H groups in total. The summed E-state index contributed by atoms with van der Waals surface area (Å²) in [6.45, 7) is 0. The van der Waals surface area contributed by atoms with Crippen molar-refractivity contribution in [1.29, 1.82) is 0 Å². The fourth-order valence-corrected chi connectivity index (χ4v) is 2.24. The summed E-state index contributed by atoms with van der Waals surface area (Å²) in [4.78, 5) is 12.6. The first-order chi connectivity index (χ1) is 8.99. The minimum atomic E-state index is -1.02. The maximum Gasteiger partial charge on any atom is 0.335 e. The number of benzene rings is 2. The molecule has 0 aliphatic carbocycles. The van der Waals surface area contributed by atoms with Crippen molar-refractivity contribution < 1.29 is 14.3 Å². The number of aromatic carboxylic acids is 1. The Labute approximate surface area is 118 Å². The number of rotatable bonds is 3. The molecule has 19 heavy (non-hydrogen) atoms. The van der Waals surface area contributed by atoms with E-state index in [-0.39, 0.29) is 11.4 Å². The molecule has 0 heterocycles. The van der Waals surface area contributed by atoms with Crippen LogP contribution in [0.3, 0.4) is 0 Å². The van der Waals surface area contributed by atoms with Gasteiger partial charge in [-0.2, -0.15) is 0 Å². The summed E-state index contributed by atoms with van der Waals surface area (Å²) in [5, 5.41) is 9.03. The molecule has 5 heteroatoms. The molecule has 0 aliphatic rings. The number of hydrogen-bond acceptors (Lipinski definition) is 2. The van der Waals surface area contributed by atoms with Gasteiger partial charge in [0.2, 0.25) is 0 Å². The van der Waals surface area contributed by atoms with Gasteiger partial charge in [0, 0.05) is 17.2 Å². The summed E-state index contributed by atoms with van der Waals surface area (Å²) < 4.78 is 14.3. The molecular weight excluding hydrogens is 313 g/mol. The van der Waals surface area contributed by atoms with Gasteiger partial charge in [-0.1, -0.05) is 28.1 Å². The van der Waals surface area contributed by atoms with Gasteiger partial charge < -0.3 is 10.0 Å². The molecule has 2 rings (SSSR count). The highest BCUT2D eigenvalue weighted by atomic mass is 79.9. The minimum Gasteiger partial charge on any atom is -0.478 e. The van der Waals surface area contributed by atoms with E-state index in [1.165, 1.54) is 18.2 Å². The molecular formula is C14H11BrFNO2. The molecule has 0 radical (unpaired) electrons. The third kappa shape index (κ3) is 2.93. The van der Waals surface area contributed by atoms with Crippen LogP contribution < -0.4 is 4.90 Å². The molecule has 0 amide bonds. The van der Waals surface area contributed by atoms with Crippen LogP contribution in [0.1, 0.15) is 10.4 Å². The molecule has 2 aromatic rings. The topological polar surface area (TPSA) is 40.5 Å². The lowest BCUT2D eigenvalue weighted by Crippen LogP contribution is -2.12. The smallest absolute Gasteiger partial charge is 0.335 e. The molecule has 0 saturated carbocycles. The number of hydrogen-bond donors (Lipinski definition) is 1. The van der Waals surface area contributed by atoms with Crippen LogP contribution in [0.2, 0.25) is 0 Å². The lowest BCUT2D eigenvalue weighted by Gasteiger charge is -2.20. The molecule has 0 aromatic heterocycles. The second-order valence-corrected chi connectivity index (χ2v) is 4.93. The molecule has 0 unspecified atom stereocenters. The zero-order chi connectivity index (χ0) is 14.0. The third-order valence-electron chi connectivity index (χ3n) is 2.73. The Morgan fingerprint density at radius 1 is 1.26 bits per heavy atom. The average molecular weight is 324 g/mol. The van der Waals surface area contributed by atoms with Gasteiger partial charge in [0.05, 0.1) is 11.3 Å². The Hall–Kier alpha value is -1.88. The standard InChI is InChI=1S/C14H11BrFNO2/c1-17(13-5-3-2-4-12(13)16)11-7-9(14(18)19)6-10(15)8-11/h2-8H,1H3,(H,18,19). The van der Waals surface area contributed by atoms with Crippen molar-refractivity contribution in [2.45, 2.75) is 0 Å². The van der Waals surface area contributed by atoms with Gasteiger partial charge in [-0.25, -0.2) is 9.18 Å². The van der Waals surface area contributed by atoms with Crippen molar-refractivity contribution in [1.82, 2.24) is 0 Å². The largest absolute Gasteiger partial charge is 0.478 e. The second kappa shape index (κ2) is 5.40. The van der Waals surface area contributed by atoms with Crippen molar-refractivity contribution in [2.75, 3.05) is 11.9 Å². The lowest BCUT2D eigenvalue weighted by molar-refractivity contribution is 0.0697. The van der Waals surface area contributed by atoms with Crippen molar-refractivity contribution in [2.24, 2.45) is 0 Å². The summed E-state index contributed by atoms with van der Waals surface area (Å²) in [5.41, 5.74) is 1.13. The molecule has 0 fully saturated rings. The van der Waals surface area contributed by atoms with Gasteiger partial charge in [0.15, 0.2) is 0 Å². The third-order valence-corrected chi connectivity index (χ3v) is 3.19. The van der Waals surface area contributed by atoms with E-state index in [0.717, 1.165) is 0 Å². The van der Waals surface area contributed by atoms with E-state index in [2.05, 4.69) is 15.9 Å². The predicted molar refractivity (Wildman–Crippen MR) is 75.6 cm³/mol. The quantitative estimate of drug-likeness (QED) is 0.926. The summed E-state index contributed by atoms with van der Waals surface area (Å²) in [6, 6.07) is 11.1. The fourth-order valence-electron chi connectivity index (χ4n) is 1.75. The predicted octanol–water partition coefficient (Wildman–Crippen LogP) is 4.05. The first-order valence-electron chi connectivity index (χ1n) is 5.51. The van der Waals surface area contributed by atoms with Crippen LogP contribution in [0.5, 0.6) is 0 Å². The minimum absolute atomic E-state index is 0.146. The Morgan fingerprint density at radius 2 is 1.95 bits per heavy atom. The summed E-state index contributed by atoms with van der Waals surface area (Å²) in [7, 11) is 1.69. The first kappa shape index (κ1) is 13.5. The van der Waals surface area contributed by atoms with Crippen molar-refractivity contribution in [3.8, 4) is 0 Å². The van der Waals surface area contributed by atoms with Gasteiger partial charge in [-0.3, -0.25) is 0 Å². The molecule has 2 aromatic carbocycles. The van der Waals surface area contributed by atoms with E-state index in [1.54, 1.807) is 36.2 Å². The lowest BCUT2D eigenvalue weighted by atomic mass is 10.1. The maximum atomic E-state index is 13.7. The van der Waals surface area contributed by atoms with Crippen LogP contribution in [0.25, 0.3) is 0 Å². The Balaban J connectivity index is 2.47. The monoisotopic (exact) mass is 323 g/mol. The molecule has 3 nitrogen and oxygen atoms in total. The number of anilines is 2. The average Bonchev–Trinajstić information content (AvgIpc) is 2.37. The van der Waals surface area contributed by atoms with Crippen molar-refractivity contribution in [3.63, 3.8) is 0 Å². The normalized spacial score (nSPS) is 10.3. The molecule has 0 spiro atoms. The van der Waals surface area contributed by atoms with E-state index in [9.17, 15) is 9.18 Å². The van der Waals surface area contributed by atoms with Crippen LogP contribution in [0.4, 0.5) is 15.8 Å². The van der Waals surface area contributed by atoms with Crippen LogP contribution in [0, 0.1) is 5.82 Å². The van der Waals surface area contributed by atoms with Crippen LogP contribution >= 0.6 is 15.9 Å². The van der Waals surface area contributed by atoms with E-state index in [0.29, 0.717) is 15.8 Å². The molecule has 0 atom stereocenters. The van der Waals surface area contributed by atoms with Crippen LogP contribution in [-0.2, 0) is 0 Å². The molecule has 0 bridgehead atoms. The zero-order valence-electron chi connectivity index (χ0n) is 10.1. The number of para-hydroxylation sites is 1. The Kier molecular flexibility index (Phi) is 3.85. The highest BCUT2D eigenvalue weighted by Crippen LogP contribution is 2.29. The van der Waals surface area contributed by atoms with Gasteiger partial charge in [0.25, 0.3) is 0 Å². The maximum absolute atomic E-state index is 13.7. The zero-order valence-corrected chi connectivity index (χ0v) is 11.7. The number of nitrogens with zero attached hydrogens (tertiary/aromatic N) is 1. The Morgan fingerprint density at radius 3 is 2.58 bits per heavy atom. The van der Waals surface area contributed by atoms with Crippen LogP contribution in [0.15, 0.2) is 46.9 Å². The van der Waals surface area contributed by atoms with E-state index in [4.69, 9.17) is 5.11 Å². The molecule has 0 saturated heterocycles. The van der Waals surface area contributed by atoms with Crippen molar-refractivity contribution in [3.05, 3.63) is 58.3 Å². The van der Waals surface area contributed by atoms with E-state index in [1.807, 2.05) is 0 Å².